The maximum absolute atomic E-state index is 4.10. The van der Waals surface area contributed by atoms with Crippen LogP contribution in [0.1, 0.15) is 33.6 Å². The van der Waals surface area contributed by atoms with E-state index in [4.69, 9.17) is 0 Å². The first kappa shape index (κ1) is 13.7. The number of nitrogens with one attached hydrogen (secondary N) is 1. The molecular formula is C14H28N2. The molecule has 0 radical (unpaired) electrons. The van der Waals surface area contributed by atoms with Crippen molar-refractivity contribution in [3.05, 3.63) is 12.2 Å². The minimum Gasteiger partial charge on any atom is -0.316 e. The van der Waals surface area contributed by atoms with E-state index < -0.39 is 0 Å². The van der Waals surface area contributed by atoms with Gasteiger partial charge in [-0.3, -0.25) is 4.90 Å². The van der Waals surface area contributed by atoms with Gasteiger partial charge in [0.15, 0.2) is 0 Å². The van der Waals surface area contributed by atoms with Crippen LogP contribution in [0, 0.1) is 11.3 Å². The molecule has 0 aliphatic carbocycles. The zero-order valence-corrected chi connectivity index (χ0v) is 11.5. The quantitative estimate of drug-likeness (QED) is 0.738. The first-order chi connectivity index (χ1) is 7.43. The van der Waals surface area contributed by atoms with Gasteiger partial charge in [-0.2, -0.15) is 0 Å². The highest BCUT2D eigenvalue weighted by molar-refractivity contribution is 5.00. The third-order valence-electron chi connectivity index (χ3n) is 3.69. The molecule has 0 aromatic carbocycles. The number of hydrogen-bond donors (Lipinski definition) is 1. The second kappa shape index (κ2) is 5.83. The summed E-state index contributed by atoms with van der Waals surface area (Å²) in [7, 11) is 1.98. The second-order valence-electron chi connectivity index (χ2n) is 6.20. The number of rotatable bonds is 4. The predicted octanol–water partition coefficient (Wildman–Crippen LogP) is 2.52. The van der Waals surface area contributed by atoms with Gasteiger partial charge in [0.2, 0.25) is 0 Å². The second-order valence-corrected chi connectivity index (χ2v) is 6.20. The van der Waals surface area contributed by atoms with E-state index in [1.54, 1.807) is 0 Å². The molecule has 1 saturated heterocycles. The zero-order valence-electron chi connectivity index (χ0n) is 11.5. The summed E-state index contributed by atoms with van der Waals surface area (Å²) in [4.78, 5) is 2.54. The van der Waals surface area contributed by atoms with E-state index in [0.29, 0.717) is 5.41 Å². The molecule has 0 amide bonds. The van der Waals surface area contributed by atoms with Crippen LogP contribution in [0.3, 0.4) is 0 Å². The Kier molecular flexibility index (Phi) is 5.00. The largest absolute Gasteiger partial charge is 0.316 e. The summed E-state index contributed by atoms with van der Waals surface area (Å²) in [5, 5.41) is 3.16. The average Bonchev–Trinajstić information content (AvgIpc) is 2.17. The third-order valence-corrected chi connectivity index (χ3v) is 3.69. The third kappa shape index (κ3) is 4.26. The van der Waals surface area contributed by atoms with Gasteiger partial charge in [-0.25, -0.2) is 0 Å². The van der Waals surface area contributed by atoms with Crippen molar-refractivity contribution in [3.63, 3.8) is 0 Å². The Morgan fingerprint density at radius 3 is 2.31 bits per heavy atom. The molecule has 0 saturated carbocycles. The van der Waals surface area contributed by atoms with E-state index in [1.807, 2.05) is 7.05 Å². The van der Waals surface area contributed by atoms with Crippen molar-refractivity contribution in [3.8, 4) is 0 Å². The van der Waals surface area contributed by atoms with Gasteiger partial charge in [0.1, 0.15) is 0 Å². The van der Waals surface area contributed by atoms with Crippen molar-refractivity contribution in [2.45, 2.75) is 33.6 Å². The van der Waals surface area contributed by atoms with Crippen molar-refractivity contribution in [2.75, 3.05) is 33.2 Å². The summed E-state index contributed by atoms with van der Waals surface area (Å²) in [6, 6.07) is 0. The Morgan fingerprint density at radius 2 is 1.88 bits per heavy atom. The highest BCUT2D eigenvalue weighted by Gasteiger charge is 2.28. The lowest BCUT2D eigenvalue weighted by molar-refractivity contribution is 0.118. The summed E-state index contributed by atoms with van der Waals surface area (Å²) in [6.07, 6.45) is 2.69. The van der Waals surface area contributed by atoms with Crippen LogP contribution in [-0.4, -0.2) is 38.1 Å². The fourth-order valence-electron chi connectivity index (χ4n) is 2.58. The summed E-state index contributed by atoms with van der Waals surface area (Å²) in [5.41, 5.74) is 1.78. The van der Waals surface area contributed by atoms with Crippen LogP contribution in [0.15, 0.2) is 12.2 Å². The van der Waals surface area contributed by atoms with Gasteiger partial charge < -0.3 is 5.32 Å². The smallest absolute Gasteiger partial charge is 0.0202 e. The van der Waals surface area contributed by atoms with Crippen molar-refractivity contribution in [1.29, 1.82) is 0 Å². The maximum atomic E-state index is 4.10. The van der Waals surface area contributed by atoms with Gasteiger partial charge in [-0.1, -0.05) is 27.4 Å². The van der Waals surface area contributed by atoms with Crippen LogP contribution in [0.25, 0.3) is 0 Å². The number of piperidine rings is 1. The average molecular weight is 224 g/mol. The highest BCUT2D eigenvalue weighted by atomic mass is 15.1. The summed E-state index contributed by atoms with van der Waals surface area (Å²) in [5.74, 6) is 0.890. The highest BCUT2D eigenvalue weighted by Crippen LogP contribution is 2.34. The van der Waals surface area contributed by atoms with E-state index in [1.165, 1.54) is 31.5 Å². The van der Waals surface area contributed by atoms with Gasteiger partial charge in [-0.15, -0.1) is 0 Å². The normalized spacial score (nSPS) is 20.0. The van der Waals surface area contributed by atoms with E-state index in [9.17, 15) is 0 Å². The zero-order chi connectivity index (χ0) is 12.2. The van der Waals surface area contributed by atoms with Gasteiger partial charge in [0, 0.05) is 13.1 Å². The molecule has 1 rings (SSSR count). The molecule has 94 valence electrons. The number of likely N-dealkylation sites (tertiary alicyclic amines) is 1. The van der Waals surface area contributed by atoms with Crippen molar-refractivity contribution < 1.29 is 0 Å². The van der Waals surface area contributed by atoms with Crippen molar-refractivity contribution in [2.24, 2.45) is 11.3 Å². The first-order valence-electron chi connectivity index (χ1n) is 6.47. The van der Waals surface area contributed by atoms with Crippen LogP contribution >= 0.6 is 0 Å². The molecule has 1 N–H and O–H groups in total. The van der Waals surface area contributed by atoms with Crippen LogP contribution in [0.5, 0.6) is 0 Å². The van der Waals surface area contributed by atoms with Gasteiger partial charge in [0.05, 0.1) is 0 Å². The van der Waals surface area contributed by atoms with Gasteiger partial charge in [0.25, 0.3) is 0 Å². The number of hydrogen-bond acceptors (Lipinski definition) is 2. The van der Waals surface area contributed by atoms with Gasteiger partial charge in [-0.05, 0) is 49.9 Å². The minimum absolute atomic E-state index is 0.480. The molecule has 1 heterocycles. The Hall–Kier alpha value is -0.340. The lowest BCUT2D eigenvalue weighted by Crippen LogP contribution is -2.39. The summed E-state index contributed by atoms with van der Waals surface area (Å²) in [6.45, 7) is 15.7. The lowest BCUT2D eigenvalue weighted by atomic mass is 9.75. The molecule has 1 aliphatic heterocycles. The SMILES string of the molecule is C=C(CNC)CN1CCC(C(C)(C)C)CC1. The molecule has 16 heavy (non-hydrogen) atoms. The molecule has 0 bridgehead atoms. The molecule has 2 nitrogen and oxygen atoms in total. The predicted molar refractivity (Wildman–Crippen MR) is 71.7 cm³/mol. The van der Waals surface area contributed by atoms with Crippen LogP contribution in [0.2, 0.25) is 0 Å². The van der Waals surface area contributed by atoms with Crippen molar-refractivity contribution in [1.82, 2.24) is 10.2 Å². The molecule has 0 spiro atoms. The molecule has 0 atom stereocenters. The van der Waals surface area contributed by atoms with E-state index in [0.717, 1.165) is 19.0 Å². The number of nitrogens with zero attached hydrogens (tertiary/aromatic N) is 1. The molecule has 0 unspecified atom stereocenters. The molecule has 1 fully saturated rings. The van der Waals surface area contributed by atoms with E-state index in [2.05, 4.69) is 37.6 Å². The molecule has 0 aromatic heterocycles. The molecule has 0 aromatic rings. The number of likely N-dealkylation sites (N-methyl/N-ethyl adjacent to an activating group) is 1. The van der Waals surface area contributed by atoms with Crippen LogP contribution in [-0.2, 0) is 0 Å². The maximum Gasteiger partial charge on any atom is 0.0202 e. The topological polar surface area (TPSA) is 15.3 Å². The molecule has 2 heteroatoms. The van der Waals surface area contributed by atoms with E-state index >= 15 is 0 Å². The lowest BCUT2D eigenvalue weighted by Gasteiger charge is -2.39. The van der Waals surface area contributed by atoms with E-state index in [-0.39, 0.29) is 0 Å². The van der Waals surface area contributed by atoms with Crippen LogP contribution < -0.4 is 5.32 Å². The Balaban J connectivity index is 2.30. The molecular weight excluding hydrogens is 196 g/mol. The fourth-order valence-corrected chi connectivity index (χ4v) is 2.58. The minimum atomic E-state index is 0.480. The first-order valence-corrected chi connectivity index (χ1v) is 6.47. The monoisotopic (exact) mass is 224 g/mol. The summed E-state index contributed by atoms with van der Waals surface area (Å²) >= 11 is 0. The van der Waals surface area contributed by atoms with Crippen molar-refractivity contribution >= 4 is 0 Å². The summed E-state index contributed by atoms with van der Waals surface area (Å²) < 4.78 is 0. The Labute approximate surface area is 101 Å². The van der Waals surface area contributed by atoms with Crippen LogP contribution in [0.4, 0.5) is 0 Å². The Bertz CT molecular complexity index is 219. The van der Waals surface area contributed by atoms with Gasteiger partial charge >= 0.3 is 0 Å². The standard InChI is InChI=1S/C14H28N2/c1-12(10-15-5)11-16-8-6-13(7-9-16)14(2,3)4/h13,15H,1,6-11H2,2-5H3. The molecule has 1 aliphatic rings. The fraction of sp³-hybridized carbons (Fsp3) is 0.857. The Morgan fingerprint density at radius 1 is 1.31 bits per heavy atom.